The van der Waals surface area contributed by atoms with Crippen LogP contribution < -0.4 is 10.9 Å². The number of carbonyl (C=O) groups is 1. The molecule has 128 valence electrons. The molecule has 1 amide bonds. The molecule has 0 bridgehead atoms. The Morgan fingerprint density at radius 1 is 1.12 bits per heavy atom. The van der Waals surface area contributed by atoms with Crippen LogP contribution in [0.5, 0.6) is 0 Å². The average Bonchev–Trinajstić information content (AvgIpc) is 3.20. The largest absolute Gasteiger partial charge is 0.422 e. The van der Waals surface area contributed by atoms with E-state index in [0.717, 1.165) is 16.7 Å². The van der Waals surface area contributed by atoms with Gasteiger partial charge in [0, 0.05) is 29.9 Å². The zero-order valence-electron chi connectivity index (χ0n) is 13.6. The number of carbonyl (C=O) groups excluding carboxylic acids is 1. The molecule has 1 aromatic carbocycles. The number of hydrogen-bond donors (Lipinski definition) is 1. The van der Waals surface area contributed by atoms with E-state index < -0.39 is 11.5 Å². The molecule has 6 heteroatoms. The summed E-state index contributed by atoms with van der Waals surface area (Å²) in [6, 6.07) is 12.6. The van der Waals surface area contributed by atoms with Crippen molar-refractivity contribution in [3.8, 4) is 11.1 Å². The van der Waals surface area contributed by atoms with Gasteiger partial charge in [0.2, 0.25) is 0 Å². The van der Waals surface area contributed by atoms with Crippen LogP contribution in [-0.2, 0) is 6.54 Å². The van der Waals surface area contributed by atoms with Crippen LogP contribution in [0, 0.1) is 0 Å². The van der Waals surface area contributed by atoms with Crippen LogP contribution in [0.15, 0.2) is 74.8 Å². The highest BCUT2D eigenvalue weighted by molar-refractivity contribution is 7.08. The first-order valence-electron chi connectivity index (χ1n) is 7.98. The SMILES string of the molecule is O=C(NCc1cncc(-c2ccsc2)c1)c1cc2ccccc2oc1=O. The molecule has 0 aliphatic carbocycles. The fourth-order valence-electron chi connectivity index (χ4n) is 2.67. The molecule has 0 aliphatic rings. The van der Waals surface area contributed by atoms with Crippen LogP contribution in [0.25, 0.3) is 22.1 Å². The normalized spacial score (nSPS) is 10.8. The van der Waals surface area contributed by atoms with Crippen molar-refractivity contribution in [2.75, 3.05) is 0 Å². The topological polar surface area (TPSA) is 72.2 Å². The van der Waals surface area contributed by atoms with Crippen LogP contribution in [0.4, 0.5) is 0 Å². The first-order chi connectivity index (χ1) is 12.7. The summed E-state index contributed by atoms with van der Waals surface area (Å²) in [6.07, 6.45) is 3.48. The number of nitrogens with zero attached hydrogens (tertiary/aromatic N) is 1. The molecule has 3 aromatic heterocycles. The minimum atomic E-state index is -0.647. The van der Waals surface area contributed by atoms with E-state index in [2.05, 4.69) is 10.3 Å². The van der Waals surface area contributed by atoms with E-state index in [-0.39, 0.29) is 12.1 Å². The molecule has 0 saturated heterocycles. The third kappa shape index (κ3) is 3.27. The minimum absolute atomic E-state index is 0.00866. The standard InChI is InChI=1S/C20H14N2O3S/c23-19(17-8-14-3-1-2-4-18(14)25-20(17)24)22-10-13-7-16(11-21-9-13)15-5-6-26-12-15/h1-9,11-12H,10H2,(H,22,23). The van der Waals surface area contributed by atoms with E-state index in [9.17, 15) is 9.59 Å². The number of nitrogens with one attached hydrogen (secondary N) is 1. The Bertz CT molecular complexity index is 1130. The number of rotatable bonds is 4. The first kappa shape index (κ1) is 16.2. The van der Waals surface area contributed by atoms with Gasteiger partial charge in [0.05, 0.1) is 0 Å². The zero-order valence-corrected chi connectivity index (χ0v) is 14.5. The smallest absolute Gasteiger partial charge is 0.349 e. The molecule has 0 saturated carbocycles. The van der Waals surface area contributed by atoms with E-state index in [4.69, 9.17) is 4.42 Å². The lowest BCUT2D eigenvalue weighted by Gasteiger charge is -2.06. The van der Waals surface area contributed by atoms with Gasteiger partial charge in [-0.3, -0.25) is 9.78 Å². The van der Waals surface area contributed by atoms with Crippen molar-refractivity contribution in [3.63, 3.8) is 0 Å². The van der Waals surface area contributed by atoms with Crippen LogP contribution in [0.1, 0.15) is 15.9 Å². The number of amides is 1. The molecule has 0 atom stereocenters. The molecule has 1 N–H and O–H groups in total. The Morgan fingerprint density at radius 2 is 2.00 bits per heavy atom. The van der Waals surface area contributed by atoms with Gasteiger partial charge >= 0.3 is 5.63 Å². The van der Waals surface area contributed by atoms with Gasteiger partial charge in [0.15, 0.2) is 0 Å². The third-order valence-electron chi connectivity index (χ3n) is 3.99. The summed E-state index contributed by atoms with van der Waals surface area (Å²) in [4.78, 5) is 28.7. The zero-order chi connectivity index (χ0) is 17.9. The number of benzene rings is 1. The van der Waals surface area contributed by atoms with Gasteiger partial charge < -0.3 is 9.73 Å². The van der Waals surface area contributed by atoms with Crippen molar-refractivity contribution in [2.45, 2.75) is 6.54 Å². The van der Waals surface area contributed by atoms with Crippen molar-refractivity contribution >= 4 is 28.2 Å². The molecule has 0 aliphatic heterocycles. The highest BCUT2D eigenvalue weighted by atomic mass is 32.1. The van der Waals surface area contributed by atoms with Crippen LogP contribution >= 0.6 is 11.3 Å². The maximum absolute atomic E-state index is 12.4. The predicted octanol–water partition coefficient (Wildman–Crippen LogP) is 3.85. The molecular formula is C20H14N2O3S. The van der Waals surface area contributed by atoms with Crippen molar-refractivity contribution in [3.05, 3.63) is 87.2 Å². The summed E-state index contributed by atoms with van der Waals surface area (Å²) in [7, 11) is 0. The molecule has 4 rings (SSSR count). The number of aromatic nitrogens is 1. The molecule has 26 heavy (non-hydrogen) atoms. The summed E-state index contributed by atoms with van der Waals surface area (Å²) in [5, 5.41) is 7.51. The van der Waals surface area contributed by atoms with Crippen LogP contribution in [0.3, 0.4) is 0 Å². The van der Waals surface area contributed by atoms with Crippen LogP contribution in [-0.4, -0.2) is 10.9 Å². The molecule has 5 nitrogen and oxygen atoms in total. The second kappa shape index (κ2) is 6.93. The van der Waals surface area contributed by atoms with Crippen molar-refractivity contribution < 1.29 is 9.21 Å². The van der Waals surface area contributed by atoms with Gasteiger partial charge in [-0.2, -0.15) is 11.3 Å². The Kier molecular flexibility index (Phi) is 4.33. The average molecular weight is 362 g/mol. The second-order valence-corrected chi connectivity index (χ2v) is 6.54. The second-order valence-electron chi connectivity index (χ2n) is 5.76. The maximum atomic E-state index is 12.4. The lowest BCUT2D eigenvalue weighted by molar-refractivity contribution is 0.0947. The van der Waals surface area contributed by atoms with Gasteiger partial charge in [-0.05, 0) is 46.2 Å². The van der Waals surface area contributed by atoms with E-state index in [0.29, 0.717) is 11.0 Å². The van der Waals surface area contributed by atoms with Gasteiger partial charge in [-0.15, -0.1) is 0 Å². The lowest BCUT2D eigenvalue weighted by Crippen LogP contribution is -2.27. The van der Waals surface area contributed by atoms with Crippen LogP contribution in [0.2, 0.25) is 0 Å². The molecule has 0 spiro atoms. The number of para-hydroxylation sites is 1. The van der Waals surface area contributed by atoms with Gasteiger partial charge in [-0.1, -0.05) is 18.2 Å². The quantitative estimate of drug-likeness (QED) is 0.560. The molecule has 0 unspecified atom stereocenters. The predicted molar refractivity (Wildman–Crippen MR) is 101 cm³/mol. The maximum Gasteiger partial charge on any atom is 0.349 e. The van der Waals surface area contributed by atoms with E-state index in [1.165, 1.54) is 0 Å². The number of thiophene rings is 1. The molecule has 4 aromatic rings. The monoisotopic (exact) mass is 362 g/mol. The van der Waals surface area contributed by atoms with Gasteiger partial charge in [0.25, 0.3) is 5.91 Å². The van der Waals surface area contributed by atoms with Crippen molar-refractivity contribution in [2.24, 2.45) is 0 Å². The third-order valence-corrected chi connectivity index (χ3v) is 4.67. The van der Waals surface area contributed by atoms with Gasteiger partial charge in [-0.25, -0.2) is 4.79 Å². The fraction of sp³-hybridized carbons (Fsp3) is 0.0500. The Labute approximate surface area is 152 Å². The summed E-state index contributed by atoms with van der Waals surface area (Å²) in [5.74, 6) is -0.467. The molecule has 0 fully saturated rings. The fourth-order valence-corrected chi connectivity index (χ4v) is 3.33. The lowest BCUT2D eigenvalue weighted by atomic mass is 10.1. The summed E-state index contributed by atoms with van der Waals surface area (Å²) in [5.41, 5.74) is 2.74. The van der Waals surface area contributed by atoms with Crippen molar-refractivity contribution in [1.29, 1.82) is 0 Å². The van der Waals surface area contributed by atoms with E-state index >= 15 is 0 Å². The summed E-state index contributed by atoms with van der Waals surface area (Å²) >= 11 is 1.62. The molecule has 0 radical (unpaired) electrons. The van der Waals surface area contributed by atoms with Gasteiger partial charge in [0.1, 0.15) is 11.1 Å². The van der Waals surface area contributed by atoms with E-state index in [1.54, 1.807) is 48.0 Å². The Morgan fingerprint density at radius 3 is 2.85 bits per heavy atom. The minimum Gasteiger partial charge on any atom is -0.422 e. The van der Waals surface area contributed by atoms with E-state index in [1.807, 2.05) is 29.0 Å². The number of hydrogen-bond acceptors (Lipinski definition) is 5. The molecular weight excluding hydrogens is 348 g/mol. The Balaban J connectivity index is 1.53. The highest BCUT2D eigenvalue weighted by Gasteiger charge is 2.13. The Hall–Kier alpha value is -3.25. The number of fused-ring (bicyclic) bond motifs is 1. The number of pyridine rings is 1. The highest BCUT2D eigenvalue weighted by Crippen LogP contribution is 2.22. The molecule has 3 heterocycles. The summed E-state index contributed by atoms with van der Waals surface area (Å²) in [6.45, 7) is 0.274. The summed E-state index contributed by atoms with van der Waals surface area (Å²) < 4.78 is 5.21. The first-order valence-corrected chi connectivity index (χ1v) is 8.92. The van der Waals surface area contributed by atoms with Crippen molar-refractivity contribution in [1.82, 2.24) is 10.3 Å².